The second kappa shape index (κ2) is 4.59. The summed E-state index contributed by atoms with van der Waals surface area (Å²) in [4.78, 5) is 18.2. The molecule has 84 valence electrons. The van der Waals surface area contributed by atoms with Crippen LogP contribution in [0.5, 0.6) is 0 Å². The molecule has 2 N–H and O–H groups in total. The van der Waals surface area contributed by atoms with Crippen LogP contribution in [0.3, 0.4) is 0 Å². The molecule has 15 heavy (non-hydrogen) atoms. The molecule has 0 radical (unpaired) electrons. The summed E-state index contributed by atoms with van der Waals surface area (Å²) in [5.41, 5.74) is 6.52. The third-order valence-corrected chi connectivity index (χ3v) is 3.35. The van der Waals surface area contributed by atoms with Crippen molar-refractivity contribution in [1.29, 1.82) is 0 Å². The molecule has 0 aromatic carbocycles. The Kier molecular flexibility index (Phi) is 3.65. The van der Waals surface area contributed by atoms with Gasteiger partial charge in [-0.1, -0.05) is 11.3 Å². The monoisotopic (exact) mass is 229 g/mol. The lowest BCUT2D eigenvalue weighted by Gasteiger charge is -2.07. The molecule has 0 saturated heterocycles. The van der Waals surface area contributed by atoms with Gasteiger partial charge in [-0.3, -0.25) is 0 Å². The Balaban J connectivity index is 2.99. The van der Waals surface area contributed by atoms with Crippen molar-refractivity contribution in [2.75, 3.05) is 26.1 Å². The Morgan fingerprint density at radius 1 is 1.60 bits per heavy atom. The third kappa shape index (κ3) is 2.45. The molecular weight excluding hydrogens is 214 g/mol. The predicted octanol–water partition coefficient (Wildman–Crippen LogP) is 0.690. The number of rotatable bonds is 3. The Morgan fingerprint density at radius 2 is 2.20 bits per heavy atom. The zero-order valence-electron chi connectivity index (χ0n) is 9.27. The number of carbonyl (C=O) groups is 1. The van der Waals surface area contributed by atoms with Gasteiger partial charge < -0.3 is 15.4 Å². The van der Waals surface area contributed by atoms with Crippen LogP contribution in [-0.2, 0) is 9.53 Å². The van der Waals surface area contributed by atoms with E-state index in [0.717, 1.165) is 15.7 Å². The van der Waals surface area contributed by atoms with Crippen LogP contribution in [0.2, 0.25) is 0 Å². The van der Waals surface area contributed by atoms with E-state index in [9.17, 15) is 4.79 Å². The molecule has 1 heterocycles. The van der Waals surface area contributed by atoms with Gasteiger partial charge in [0.25, 0.3) is 0 Å². The fourth-order valence-electron chi connectivity index (χ4n) is 1.11. The second-order valence-corrected chi connectivity index (χ2v) is 4.35. The van der Waals surface area contributed by atoms with Crippen LogP contribution < -0.4 is 10.6 Å². The van der Waals surface area contributed by atoms with Crippen LogP contribution >= 0.6 is 11.3 Å². The smallest absolute Gasteiger partial charge is 0.328 e. The average molecular weight is 229 g/mol. The van der Waals surface area contributed by atoms with Gasteiger partial charge in [0, 0.05) is 14.1 Å². The summed E-state index contributed by atoms with van der Waals surface area (Å²) in [6, 6.07) is -0.735. The van der Waals surface area contributed by atoms with Crippen LogP contribution in [0, 0.1) is 6.92 Å². The first-order valence-electron chi connectivity index (χ1n) is 4.45. The third-order valence-electron chi connectivity index (χ3n) is 1.94. The van der Waals surface area contributed by atoms with E-state index in [4.69, 9.17) is 5.73 Å². The van der Waals surface area contributed by atoms with Crippen molar-refractivity contribution in [1.82, 2.24) is 4.98 Å². The lowest BCUT2D eigenvalue weighted by Crippen LogP contribution is -2.22. The number of nitrogens with zero attached hydrogens (tertiary/aromatic N) is 2. The predicted molar refractivity (Wildman–Crippen MR) is 60.1 cm³/mol. The van der Waals surface area contributed by atoms with E-state index in [2.05, 4.69) is 9.72 Å². The number of hydrogen-bond donors (Lipinski definition) is 1. The first-order valence-corrected chi connectivity index (χ1v) is 5.27. The van der Waals surface area contributed by atoms with Crippen LogP contribution in [0.4, 0.5) is 5.13 Å². The van der Waals surface area contributed by atoms with Crippen LogP contribution in [0.1, 0.15) is 16.6 Å². The van der Waals surface area contributed by atoms with Crippen molar-refractivity contribution in [3.8, 4) is 0 Å². The Bertz CT molecular complexity index is 362. The molecule has 0 aliphatic heterocycles. The zero-order chi connectivity index (χ0) is 11.6. The normalized spacial score (nSPS) is 12.3. The SMILES string of the molecule is COC(=O)C(N)c1sc(N(C)C)nc1C. The molecule has 6 heteroatoms. The van der Waals surface area contributed by atoms with Crippen molar-refractivity contribution >= 4 is 22.4 Å². The highest BCUT2D eigenvalue weighted by molar-refractivity contribution is 7.15. The topological polar surface area (TPSA) is 68.5 Å². The van der Waals surface area contributed by atoms with Gasteiger partial charge in [0.1, 0.15) is 6.04 Å². The number of hydrogen-bond acceptors (Lipinski definition) is 6. The van der Waals surface area contributed by atoms with Gasteiger partial charge in [0.05, 0.1) is 17.7 Å². The highest BCUT2D eigenvalue weighted by Crippen LogP contribution is 2.29. The van der Waals surface area contributed by atoms with E-state index in [0.29, 0.717) is 0 Å². The fourth-order valence-corrected chi connectivity index (χ4v) is 2.09. The maximum absolute atomic E-state index is 11.3. The number of esters is 1. The van der Waals surface area contributed by atoms with E-state index >= 15 is 0 Å². The Labute approximate surface area is 92.9 Å². The van der Waals surface area contributed by atoms with Gasteiger partial charge in [-0.2, -0.15) is 0 Å². The summed E-state index contributed by atoms with van der Waals surface area (Å²) in [6.07, 6.45) is 0. The Morgan fingerprint density at radius 3 is 2.60 bits per heavy atom. The van der Waals surface area contributed by atoms with E-state index in [1.807, 2.05) is 25.9 Å². The van der Waals surface area contributed by atoms with E-state index in [-0.39, 0.29) is 0 Å². The number of thiazole rings is 1. The van der Waals surface area contributed by atoms with Crippen molar-refractivity contribution in [3.05, 3.63) is 10.6 Å². The summed E-state index contributed by atoms with van der Waals surface area (Å²) >= 11 is 1.41. The minimum atomic E-state index is -0.735. The average Bonchev–Trinajstić information content (AvgIpc) is 2.58. The minimum absolute atomic E-state index is 0.438. The van der Waals surface area contributed by atoms with Crippen LogP contribution in [0.15, 0.2) is 0 Å². The molecule has 0 aliphatic carbocycles. The van der Waals surface area contributed by atoms with Crippen molar-refractivity contribution in [2.45, 2.75) is 13.0 Å². The lowest BCUT2D eigenvalue weighted by molar-refractivity contribution is -0.142. The van der Waals surface area contributed by atoms with E-state index in [1.54, 1.807) is 0 Å². The molecule has 1 atom stereocenters. The largest absolute Gasteiger partial charge is 0.468 e. The van der Waals surface area contributed by atoms with Gasteiger partial charge in [-0.15, -0.1) is 0 Å². The second-order valence-electron chi connectivity index (χ2n) is 3.34. The number of methoxy groups -OCH3 is 1. The molecule has 0 aliphatic rings. The highest BCUT2D eigenvalue weighted by atomic mass is 32.1. The maximum atomic E-state index is 11.3. The number of anilines is 1. The zero-order valence-corrected chi connectivity index (χ0v) is 10.1. The molecule has 1 aromatic rings. The number of aryl methyl sites for hydroxylation is 1. The molecule has 1 aromatic heterocycles. The molecule has 0 fully saturated rings. The van der Waals surface area contributed by atoms with Gasteiger partial charge in [0.2, 0.25) is 0 Å². The van der Waals surface area contributed by atoms with Gasteiger partial charge in [-0.05, 0) is 6.92 Å². The minimum Gasteiger partial charge on any atom is -0.468 e. The van der Waals surface area contributed by atoms with E-state index in [1.165, 1.54) is 18.4 Å². The van der Waals surface area contributed by atoms with Gasteiger partial charge in [0.15, 0.2) is 5.13 Å². The van der Waals surface area contributed by atoms with Gasteiger partial charge >= 0.3 is 5.97 Å². The number of aromatic nitrogens is 1. The summed E-state index contributed by atoms with van der Waals surface area (Å²) in [7, 11) is 5.11. The summed E-state index contributed by atoms with van der Waals surface area (Å²) in [6.45, 7) is 1.83. The first kappa shape index (κ1) is 11.9. The summed E-state index contributed by atoms with van der Waals surface area (Å²) < 4.78 is 4.59. The number of ether oxygens (including phenoxy) is 1. The lowest BCUT2D eigenvalue weighted by atomic mass is 10.2. The standard InChI is InChI=1S/C9H15N3O2S/c1-5-7(6(10)8(13)14-4)15-9(11-5)12(2)3/h6H,10H2,1-4H3. The molecule has 5 nitrogen and oxygen atoms in total. The quantitative estimate of drug-likeness (QED) is 0.772. The Hall–Kier alpha value is -1.14. The molecule has 1 unspecified atom stereocenters. The van der Waals surface area contributed by atoms with Crippen molar-refractivity contribution < 1.29 is 9.53 Å². The molecule has 1 rings (SSSR count). The maximum Gasteiger partial charge on any atom is 0.328 e. The number of nitrogens with two attached hydrogens (primary N) is 1. The molecule has 0 saturated carbocycles. The fraction of sp³-hybridized carbons (Fsp3) is 0.556. The van der Waals surface area contributed by atoms with Crippen LogP contribution in [0.25, 0.3) is 0 Å². The molecule has 0 bridgehead atoms. The van der Waals surface area contributed by atoms with E-state index < -0.39 is 12.0 Å². The number of carbonyl (C=O) groups excluding carboxylic acids is 1. The molecule has 0 amide bonds. The first-order chi connectivity index (χ1) is 6.97. The van der Waals surface area contributed by atoms with Crippen molar-refractivity contribution in [2.24, 2.45) is 5.73 Å². The molecule has 0 spiro atoms. The summed E-state index contributed by atoms with van der Waals surface area (Å²) in [5.74, 6) is -0.438. The van der Waals surface area contributed by atoms with Gasteiger partial charge in [-0.25, -0.2) is 9.78 Å². The highest BCUT2D eigenvalue weighted by Gasteiger charge is 2.22. The molecular formula is C9H15N3O2S. The van der Waals surface area contributed by atoms with Crippen LogP contribution in [-0.4, -0.2) is 32.2 Å². The van der Waals surface area contributed by atoms with Crippen molar-refractivity contribution in [3.63, 3.8) is 0 Å². The summed E-state index contributed by atoms with van der Waals surface area (Å²) in [5, 5.41) is 0.835.